The fraction of sp³-hybridized carbons (Fsp3) is 0.586. The molecule has 0 aliphatic rings. The highest BCUT2D eigenvalue weighted by atomic mass is 16.4. The maximum absolute atomic E-state index is 12.9. The number of hydrogen-bond donors (Lipinski definition) is 2. The fourth-order valence-electron chi connectivity index (χ4n) is 4.47. The van der Waals surface area contributed by atoms with Crippen LogP contribution in [0.2, 0.25) is 0 Å². The minimum atomic E-state index is -0.970. The largest absolute Gasteiger partial charge is 0.423 e. The van der Waals surface area contributed by atoms with Crippen LogP contribution in [0.3, 0.4) is 0 Å². The lowest BCUT2D eigenvalue weighted by molar-refractivity contribution is -0.129. The van der Waals surface area contributed by atoms with Gasteiger partial charge in [0.25, 0.3) is 0 Å². The lowest BCUT2D eigenvalue weighted by atomic mass is 9.99. The van der Waals surface area contributed by atoms with Crippen molar-refractivity contribution in [2.24, 2.45) is 5.73 Å². The Morgan fingerprint density at radius 3 is 2.14 bits per heavy atom. The second-order valence-corrected chi connectivity index (χ2v) is 9.80. The molecule has 0 spiro atoms. The van der Waals surface area contributed by atoms with E-state index in [1.165, 1.54) is 57.4 Å². The molecule has 1 aromatic heterocycles. The van der Waals surface area contributed by atoms with Crippen LogP contribution >= 0.6 is 0 Å². The Morgan fingerprint density at radius 2 is 1.53 bits per heavy atom. The summed E-state index contributed by atoms with van der Waals surface area (Å²) >= 11 is 0. The van der Waals surface area contributed by atoms with Crippen LogP contribution in [0.1, 0.15) is 102 Å². The van der Waals surface area contributed by atoms with E-state index < -0.39 is 17.6 Å². The number of benzene rings is 1. The van der Waals surface area contributed by atoms with Gasteiger partial charge in [-0.05, 0) is 30.5 Å². The molecule has 0 bridgehead atoms. The Morgan fingerprint density at radius 1 is 0.917 bits per heavy atom. The van der Waals surface area contributed by atoms with E-state index in [9.17, 15) is 19.2 Å². The number of unbranched alkanes of at least 4 members (excludes halogenated alkanes) is 10. The normalized spacial score (nSPS) is 11.9. The van der Waals surface area contributed by atoms with Crippen LogP contribution in [0.5, 0.6) is 0 Å². The van der Waals surface area contributed by atoms with Gasteiger partial charge in [0.05, 0.1) is 12.5 Å². The third-order valence-electron chi connectivity index (χ3n) is 6.53. The van der Waals surface area contributed by atoms with Gasteiger partial charge in [0, 0.05) is 24.3 Å². The average molecular weight is 499 g/mol. The van der Waals surface area contributed by atoms with Gasteiger partial charge in [-0.3, -0.25) is 14.4 Å². The molecule has 1 heterocycles. The van der Waals surface area contributed by atoms with Crippen LogP contribution in [-0.4, -0.2) is 23.6 Å². The summed E-state index contributed by atoms with van der Waals surface area (Å²) in [6.45, 7) is 4.05. The molecule has 2 amide bonds. The molecule has 3 N–H and O–H groups in total. The highest BCUT2D eigenvalue weighted by Gasteiger charge is 2.23. The Bertz CT molecular complexity index is 1060. The second-order valence-electron chi connectivity index (χ2n) is 9.80. The summed E-state index contributed by atoms with van der Waals surface area (Å²) in [5.41, 5.74) is 6.70. The molecular formula is C29H42N2O5. The molecule has 2 rings (SSSR count). The minimum absolute atomic E-state index is 0.00966. The summed E-state index contributed by atoms with van der Waals surface area (Å²) < 4.78 is 5.25. The number of primary amides is 1. The third-order valence-corrected chi connectivity index (χ3v) is 6.53. The first-order valence-electron chi connectivity index (χ1n) is 13.4. The molecule has 0 radical (unpaired) electrons. The van der Waals surface area contributed by atoms with Gasteiger partial charge in [-0.1, -0.05) is 83.3 Å². The van der Waals surface area contributed by atoms with Crippen molar-refractivity contribution in [2.45, 2.75) is 110 Å². The van der Waals surface area contributed by atoms with Gasteiger partial charge >= 0.3 is 5.63 Å². The van der Waals surface area contributed by atoms with Crippen molar-refractivity contribution in [1.82, 2.24) is 5.32 Å². The summed E-state index contributed by atoms with van der Waals surface area (Å²) in [5, 5.41) is 3.49. The average Bonchev–Trinajstić information content (AvgIpc) is 2.81. The molecular weight excluding hydrogens is 456 g/mol. The smallest absolute Gasteiger partial charge is 0.336 e. The van der Waals surface area contributed by atoms with Gasteiger partial charge in [0.2, 0.25) is 11.8 Å². The number of Topliss-reactive ketones (excluding diaryl/α,β-unsaturated/α-hetero) is 1. The van der Waals surface area contributed by atoms with Crippen LogP contribution in [0.4, 0.5) is 0 Å². The van der Waals surface area contributed by atoms with E-state index >= 15 is 0 Å². The van der Waals surface area contributed by atoms with Crippen LogP contribution in [0, 0.1) is 6.92 Å². The van der Waals surface area contributed by atoms with Crippen molar-refractivity contribution < 1.29 is 18.8 Å². The minimum Gasteiger partial charge on any atom is -0.423 e. The molecule has 0 saturated carbocycles. The van der Waals surface area contributed by atoms with Gasteiger partial charge in [0.1, 0.15) is 5.58 Å². The van der Waals surface area contributed by atoms with Gasteiger partial charge in [-0.2, -0.15) is 0 Å². The lowest BCUT2D eigenvalue weighted by Crippen LogP contribution is -2.44. The lowest BCUT2D eigenvalue weighted by Gasteiger charge is -2.16. The molecule has 0 aliphatic heterocycles. The first-order chi connectivity index (χ1) is 17.3. The van der Waals surface area contributed by atoms with Crippen molar-refractivity contribution in [1.29, 1.82) is 0 Å². The van der Waals surface area contributed by atoms with E-state index in [0.717, 1.165) is 30.2 Å². The Balaban J connectivity index is 1.77. The van der Waals surface area contributed by atoms with Crippen molar-refractivity contribution in [3.05, 3.63) is 45.8 Å². The molecule has 1 atom stereocenters. The monoisotopic (exact) mass is 498 g/mol. The summed E-state index contributed by atoms with van der Waals surface area (Å²) in [5.74, 6) is -1.20. The summed E-state index contributed by atoms with van der Waals surface area (Å²) in [4.78, 5) is 48.5. The molecule has 7 heteroatoms. The quantitative estimate of drug-likeness (QED) is 0.214. The van der Waals surface area contributed by atoms with E-state index in [2.05, 4.69) is 12.2 Å². The Hall–Kier alpha value is -2.96. The first kappa shape index (κ1) is 29.3. The highest BCUT2D eigenvalue weighted by Crippen LogP contribution is 2.19. The van der Waals surface area contributed by atoms with Gasteiger partial charge in [-0.25, -0.2) is 4.79 Å². The molecule has 1 unspecified atom stereocenters. The Labute approximate surface area is 214 Å². The standard InChI is InChI=1S/C29H42N2O5/c1-3-4-5-6-7-8-9-10-11-12-13-14-28(34)31-24(20-27(30)33)25(32)18-22-15-16-23-21(2)17-29(35)36-26(23)19-22/h15-17,19,24H,3-14,18,20H2,1-2H3,(H2,30,33)(H,31,34). The maximum Gasteiger partial charge on any atom is 0.336 e. The number of carbonyl (C=O) groups is 3. The van der Waals surface area contributed by atoms with Crippen molar-refractivity contribution in [2.75, 3.05) is 0 Å². The predicted octanol–water partition coefficient (Wildman–Crippen LogP) is 5.27. The molecule has 7 nitrogen and oxygen atoms in total. The number of rotatable bonds is 18. The number of amides is 2. The number of nitrogens with one attached hydrogen (secondary N) is 1. The number of fused-ring (bicyclic) bond motifs is 1. The van der Waals surface area contributed by atoms with E-state index in [-0.39, 0.29) is 24.5 Å². The number of nitrogens with two attached hydrogens (primary N) is 1. The molecule has 36 heavy (non-hydrogen) atoms. The zero-order valence-electron chi connectivity index (χ0n) is 21.9. The third kappa shape index (κ3) is 10.8. The number of carbonyl (C=O) groups excluding carboxylic acids is 3. The molecule has 198 valence electrons. The first-order valence-corrected chi connectivity index (χ1v) is 13.4. The molecule has 0 fully saturated rings. The maximum atomic E-state index is 12.9. The summed E-state index contributed by atoms with van der Waals surface area (Å²) in [6, 6.07) is 5.67. The van der Waals surface area contributed by atoms with E-state index in [4.69, 9.17) is 10.2 Å². The van der Waals surface area contributed by atoms with Gasteiger partial charge < -0.3 is 15.5 Å². The predicted molar refractivity (Wildman–Crippen MR) is 143 cm³/mol. The van der Waals surface area contributed by atoms with Crippen LogP contribution in [0.15, 0.2) is 33.5 Å². The van der Waals surface area contributed by atoms with Gasteiger partial charge in [0.15, 0.2) is 5.78 Å². The number of hydrogen-bond acceptors (Lipinski definition) is 5. The van der Waals surface area contributed by atoms with E-state index in [1.54, 1.807) is 18.2 Å². The molecule has 1 aromatic carbocycles. The molecule has 2 aromatic rings. The second kappa shape index (κ2) is 15.9. The number of ketones is 1. The summed E-state index contributed by atoms with van der Waals surface area (Å²) in [7, 11) is 0. The number of aryl methyl sites for hydroxylation is 1. The van der Waals surface area contributed by atoms with Crippen molar-refractivity contribution in [3.8, 4) is 0 Å². The molecule has 0 saturated heterocycles. The van der Waals surface area contributed by atoms with E-state index in [0.29, 0.717) is 17.6 Å². The fourth-order valence-corrected chi connectivity index (χ4v) is 4.47. The van der Waals surface area contributed by atoms with Crippen LogP contribution in [-0.2, 0) is 20.8 Å². The topological polar surface area (TPSA) is 119 Å². The molecule has 0 aliphatic carbocycles. The summed E-state index contributed by atoms with van der Waals surface area (Å²) in [6.07, 6.45) is 13.2. The highest BCUT2D eigenvalue weighted by molar-refractivity contribution is 5.94. The zero-order valence-corrected chi connectivity index (χ0v) is 21.9. The van der Waals surface area contributed by atoms with E-state index in [1.807, 2.05) is 6.92 Å². The van der Waals surface area contributed by atoms with Gasteiger partial charge in [-0.15, -0.1) is 0 Å². The van der Waals surface area contributed by atoms with Crippen LogP contribution < -0.4 is 16.7 Å². The van der Waals surface area contributed by atoms with Crippen LogP contribution in [0.25, 0.3) is 11.0 Å². The Kier molecular flexibility index (Phi) is 12.9. The van der Waals surface area contributed by atoms with Crippen molar-refractivity contribution in [3.63, 3.8) is 0 Å². The van der Waals surface area contributed by atoms with Crippen molar-refractivity contribution >= 4 is 28.6 Å². The SMILES string of the molecule is CCCCCCCCCCCCCC(=O)NC(CC(N)=O)C(=O)Cc1ccc2c(C)cc(=O)oc2c1. The zero-order chi connectivity index (χ0) is 26.3.